The summed E-state index contributed by atoms with van der Waals surface area (Å²) in [6.45, 7) is -2.07. The molecule has 0 N–H and O–H groups in total. The molecule has 0 aliphatic carbocycles. The summed E-state index contributed by atoms with van der Waals surface area (Å²) in [5.74, 6) is -0.553. The van der Waals surface area contributed by atoms with E-state index >= 15 is 0 Å². The fourth-order valence-electron chi connectivity index (χ4n) is 0.412. The topological polar surface area (TPSA) is 27.7 Å². The molecule has 1 heterocycles. The van der Waals surface area contributed by atoms with Gasteiger partial charge in [0.2, 0.25) is 0 Å². The maximum atomic E-state index is 12.0. The van der Waals surface area contributed by atoms with E-state index in [9.17, 15) is 8.78 Å². The molecular weight excluding hydrogens is 134 g/mol. The number of rotatable bonds is 1. The summed E-state index contributed by atoms with van der Waals surface area (Å²) in [5, 5.41) is 0. The molecule has 0 spiro atoms. The average Bonchev–Trinajstić information content (AvgIpc) is 2.10. The number of hydrogen-bond donors (Lipinski definition) is 0. The Hall–Kier alpha value is -1.00. The lowest BCUT2D eigenvalue weighted by atomic mass is 10.9. The molecule has 0 fully saturated rings. The zero-order valence-corrected chi connectivity index (χ0v) is 4.56. The first-order chi connectivity index (χ1) is 4.24. The first kappa shape index (κ1) is 6.12. The Morgan fingerprint density at radius 1 is 1.56 bits per heavy atom. The molecule has 0 radical (unpaired) electrons. The molecule has 1 atom stereocenters. The molecule has 0 saturated carbocycles. The molecule has 1 unspecified atom stereocenters. The maximum Gasteiger partial charge on any atom is 0.401 e. The van der Waals surface area contributed by atoms with Gasteiger partial charge < -0.3 is 14.2 Å². The molecule has 0 aromatic rings. The van der Waals surface area contributed by atoms with E-state index in [-0.39, 0.29) is 0 Å². The van der Waals surface area contributed by atoms with Crippen LogP contribution in [0.5, 0.6) is 0 Å². The molecular formula is C4H4F2O3. The van der Waals surface area contributed by atoms with Gasteiger partial charge in [-0.05, 0) is 0 Å². The maximum absolute atomic E-state index is 12.0. The largest absolute Gasteiger partial charge is 0.464 e. The van der Waals surface area contributed by atoms with Crippen molar-refractivity contribution in [1.29, 1.82) is 0 Å². The minimum absolute atomic E-state index is 0.553. The summed E-state index contributed by atoms with van der Waals surface area (Å²) in [4.78, 5) is 0. The molecule has 3 nitrogen and oxygen atoms in total. The SMILES string of the molecule is COC1=C(F)OC(F)O1. The van der Waals surface area contributed by atoms with Crippen molar-refractivity contribution in [2.24, 2.45) is 0 Å². The third-order valence-electron chi connectivity index (χ3n) is 0.742. The van der Waals surface area contributed by atoms with Crippen LogP contribution in [0.25, 0.3) is 0 Å². The molecule has 5 heteroatoms. The summed E-state index contributed by atoms with van der Waals surface area (Å²) in [6, 6.07) is -1.16. The zero-order chi connectivity index (χ0) is 6.85. The Morgan fingerprint density at radius 3 is 2.44 bits per heavy atom. The van der Waals surface area contributed by atoms with Crippen LogP contribution >= 0.6 is 0 Å². The van der Waals surface area contributed by atoms with Gasteiger partial charge in [0.15, 0.2) is 0 Å². The van der Waals surface area contributed by atoms with Crippen LogP contribution in [0.2, 0.25) is 0 Å². The van der Waals surface area contributed by atoms with Crippen molar-refractivity contribution in [2.45, 2.75) is 6.54 Å². The van der Waals surface area contributed by atoms with Crippen molar-refractivity contribution in [3.8, 4) is 0 Å². The van der Waals surface area contributed by atoms with Gasteiger partial charge >= 0.3 is 18.5 Å². The van der Waals surface area contributed by atoms with E-state index in [1.807, 2.05) is 0 Å². The van der Waals surface area contributed by atoms with Gasteiger partial charge in [-0.2, -0.15) is 8.78 Å². The molecule has 1 rings (SSSR count). The molecule has 0 bridgehead atoms. The van der Waals surface area contributed by atoms with E-state index in [1.54, 1.807) is 0 Å². The molecule has 1 aliphatic rings. The smallest absolute Gasteiger partial charge is 0.401 e. The van der Waals surface area contributed by atoms with Crippen LogP contribution in [0.3, 0.4) is 0 Å². The van der Waals surface area contributed by atoms with E-state index in [4.69, 9.17) is 0 Å². The number of ether oxygens (including phenoxy) is 3. The van der Waals surface area contributed by atoms with Crippen molar-refractivity contribution >= 4 is 0 Å². The van der Waals surface area contributed by atoms with Crippen molar-refractivity contribution in [3.63, 3.8) is 0 Å². The molecule has 0 saturated heterocycles. The monoisotopic (exact) mass is 138 g/mol. The Balaban J connectivity index is 2.58. The number of alkyl halides is 1. The van der Waals surface area contributed by atoms with Gasteiger partial charge in [-0.3, -0.25) is 0 Å². The Bertz CT molecular complexity index is 145. The van der Waals surface area contributed by atoms with Crippen molar-refractivity contribution < 1.29 is 23.0 Å². The Morgan fingerprint density at radius 2 is 2.22 bits per heavy atom. The second-order valence-electron chi connectivity index (χ2n) is 1.28. The van der Waals surface area contributed by atoms with Crippen LogP contribution in [0, 0.1) is 0 Å². The standard InChI is InChI=1S/C4H4F2O3/c1-7-3-2(5)8-4(6)9-3/h4H,1H3. The van der Waals surface area contributed by atoms with Gasteiger partial charge in [0.1, 0.15) is 0 Å². The predicted octanol–water partition coefficient (Wildman–Crippen LogP) is 1.03. The van der Waals surface area contributed by atoms with E-state index in [0.29, 0.717) is 0 Å². The van der Waals surface area contributed by atoms with Gasteiger partial charge in [0, 0.05) is 0 Å². The van der Waals surface area contributed by atoms with Gasteiger partial charge in [0.25, 0.3) is 0 Å². The predicted molar refractivity (Wildman–Crippen MR) is 22.2 cm³/mol. The highest BCUT2D eigenvalue weighted by atomic mass is 19.2. The number of methoxy groups -OCH3 is 1. The Kier molecular flexibility index (Phi) is 1.42. The van der Waals surface area contributed by atoms with Crippen LogP contribution in [-0.4, -0.2) is 13.7 Å². The lowest BCUT2D eigenvalue weighted by Crippen LogP contribution is -1.99. The minimum atomic E-state index is -2.07. The van der Waals surface area contributed by atoms with Crippen LogP contribution in [0.4, 0.5) is 8.78 Å². The summed E-state index contributed by atoms with van der Waals surface area (Å²) in [6.07, 6.45) is 0. The second kappa shape index (κ2) is 2.08. The molecule has 0 aromatic carbocycles. The van der Waals surface area contributed by atoms with Crippen molar-refractivity contribution in [3.05, 3.63) is 12.0 Å². The van der Waals surface area contributed by atoms with E-state index in [2.05, 4.69) is 14.2 Å². The third kappa shape index (κ3) is 1.04. The summed E-state index contributed by atoms with van der Waals surface area (Å²) >= 11 is 0. The van der Waals surface area contributed by atoms with Crippen LogP contribution in [-0.2, 0) is 14.2 Å². The zero-order valence-electron chi connectivity index (χ0n) is 4.56. The number of hydrogen-bond acceptors (Lipinski definition) is 3. The van der Waals surface area contributed by atoms with Crippen molar-refractivity contribution in [2.75, 3.05) is 7.11 Å². The van der Waals surface area contributed by atoms with E-state index in [1.165, 1.54) is 0 Å². The summed E-state index contributed by atoms with van der Waals surface area (Å²) < 4.78 is 35.8. The molecule has 0 aromatic heterocycles. The molecule has 0 amide bonds. The van der Waals surface area contributed by atoms with Gasteiger partial charge in [-0.15, -0.1) is 0 Å². The fraction of sp³-hybridized carbons (Fsp3) is 0.500. The molecule has 1 aliphatic heterocycles. The lowest BCUT2D eigenvalue weighted by molar-refractivity contribution is -0.158. The first-order valence-corrected chi connectivity index (χ1v) is 2.15. The van der Waals surface area contributed by atoms with Crippen LogP contribution in [0.1, 0.15) is 0 Å². The highest BCUT2D eigenvalue weighted by Gasteiger charge is 2.27. The Labute approximate surface area is 49.8 Å². The van der Waals surface area contributed by atoms with Gasteiger partial charge in [0.05, 0.1) is 7.11 Å². The summed E-state index contributed by atoms with van der Waals surface area (Å²) in [7, 11) is 1.15. The van der Waals surface area contributed by atoms with Crippen LogP contribution in [0.15, 0.2) is 12.0 Å². The highest BCUT2D eigenvalue weighted by Crippen LogP contribution is 2.23. The fourth-order valence-corrected chi connectivity index (χ4v) is 0.412. The minimum Gasteiger partial charge on any atom is -0.464 e. The quantitative estimate of drug-likeness (QED) is 0.541. The van der Waals surface area contributed by atoms with E-state index in [0.717, 1.165) is 7.11 Å². The second-order valence-corrected chi connectivity index (χ2v) is 1.28. The van der Waals surface area contributed by atoms with Crippen molar-refractivity contribution in [1.82, 2.24) is 0 Å². The van der Waals surface area contributed by atoms with Gasteiger partial charge in [-0.1, -0.05) is 0 Å². The normalized spacial score (nSPS) is 25.4. The third-order valence-corrected chi connectivity index (χ3v) is 0.742. The lowest BCUT2D eigenvalue weighted by Gasteiger charge is -1.97. The first-order valence-electron chi connectivity index (χ1n) is 2.15. The highest BCUT2D eigenvalue weighted by molar-refractivity contribution is 4.87. The molecule has 52 valence electrons. The molecule has 9 heavy (non-hydrogen) atoms. The van der Waals surface area contributed by atoms with E-state index < -0.39 is 18.5 Å². The van der Waals surface area contributed by atoms with Crippen LogP contribution < -0.4 is 0 Å². The van der Waals surface area contributed by atoms with Gasteiger partial charge in [-0.25, -0.2) is 0 Å². The average molecular weight is 138 g/mol. The number of halogens is 2. The summed E-state index contributed by atoms with van der Waals surface area (Å²) in [5.41, 5.74) is 0.